The summed E-state index contributed by atoms with van der Waals surface area (Å²) in [4.78, 5) is 22.1. The van der Waals surface area contributed by atoms with Crippen molar-refractivity contribution in [2.24, 2.45) is 0 Å². The number of carboxylic acid groups (broad SMARTS) is 1. The monoisotopic (exact) mass is 487 g/mol. The number of rotatable bonds is 5. The van der Waals surface area contributed by atoms with Gasteiger partial charge in [0.25, 0.3) is 0 Å². The van der Waals surface area contributed by atoms with E-state index in [-0.39, 0.29) is 15.8 Å². The molecule has 3 aromatic carbocycles. The molecule has 0 unspecified atom stereocenters. The Labute approximate surface area is 181 Å². The topological polar surface area (TPSA) is 144 Å². The molecule has 3 aromatic rings. The summed E-state index contributed by atoms with van der Waals surface area (Å²) in [7, 11) is 0. The van der Waals surface area contributed by atoms with E-state index < -0.39 is 32.0 Å². The van der Waals surface area contributed by atoms with E-state index in [0.717, 1.165) is 11.1 Å². The van der Waals surface area contributed by atoms with Crippen molar-refractivity contribution in [2.45, 2.75) is 12.8 Å². The number of amides is 1. The second-order valence-corrected chi connectivity index (χ2v) is 9.78. The van der Waals surface area contributed by atoms with Crippen molar-refractivity contribution in [2.75, 3.05) is 5.32 Å². The van der Waals surface area contributed by atoms with Crippen molar-refractivity contribution in [3.05, 3.63) is 90.0 Å². The SMILES string of the molecule is CC(=O)Nc1c(O)cccc1[As](=O)(O)O.O=C(O)C(c1ccccc1)c1ccccc1. The van der Waals surface area contributed by atoms with E-state index in [1.165, 1.54) is 25.1 Å². The molecule has 8 nitrogen and oxygen atoms in total. The minimum absolute atomic E-state index is 0.225. The number of carbonyl (C=O) groups excluding carboxylic acids is 1. The maximum Gasteiger partial charge on any atom is 0.315 e. The number of hydrogen-bond acceptors (Lipinski definition) is 4. The van der Waals surface area contributed by atoms with Crippen LogP contribution in [-0.2, 0) is 13.3 Å². The zero-order valence-corrected chi connectivity index (χ0v) is 18.4. The number of phenols is 1. The Balaban J connectivity index is 0.000000221. The smallest absolute Gasteiger partial charge is 0.315 e. The van der Waals surface area contributed by atoms with Crippen molar-refractivity contribution >= 4 is 36.1 Å². The normalized spacial score (nSPS) is 10.7. The quantitative estimate of drug-likeness (QED) is 0.273. The first-order valence-corrected chi connectivity index (χ1v) is 12.5. The molecule has 3 rings (SSSR count). The van der Waals surface area contributed by atoms with E-state index in [9.17, 15) is 23.5 Å². The number of aliphatic carboxylic acids is 1. The van der Waals surface area contributed by atoms with E-state index in [1.807, 2.05) is 60.7 Å². The van der Waals surface area contributed by atoms with Crippen molar-refractivity contribution in [1.29, 1.82) is 0 Å². The van der Waals surface area contributed by atoms with E-state index in [0.29, 0.717) is 0 Å². The fourth-order valence-electron chi connectivity index (χ4n) is 2.84. The van der Waals surface area contributed by atoms with E-state index in [2.05, 4.69) is 5.32 Å². The third-order valence-electron chi connectivity index (χ3n) is 4.15. The molecule has 0 saturated heterocycles. The fourth-order valence-corrected chi connectivity index (χ4v) is 4.40. The minimum atomic E-state index is -5.14. The number of anilines is 1. The van der Waals surface area contributed by atoms with Crippen LogP contribution in [-0.4, -0.2) is 44.5 Å². The van der Waals surface area contributed by atoms with E-state index >= 15 is 0 Å². The average molecular weight is 487 g/mol. The number of aromatic hydroxyl groups is 1. The summed E-state index contributed by atoms with van der Waals surface area (Å²) in [6, 6.07) is 22.3. The van der Waals surface area contributed by atoms with Gasteiger partial charge in [-0.1, -0.05) is 60.7 Å². The molecule has 0 aliphatic carbocycles. The molecular weight excluding hydrogens is 465 g/mol. The summed E-state index contributed by atoms with van der Waals surface area (Å²) in [5, 5.41) is 20.8. The summed E-state index contributed by atoms with van der Waals surface area (Å²) in [6.45, 7) is 1.18. The van der Waals surface area contributed by atoms with Gasteiger partial charge in [-0.2, -0.15) is 0 Å². The van der Waals surface area contributed by atoms with Crippen molar-refractivity contribution in [1.82, 2.24) is 0 Å². The zero-order chi connectivity index (χ0) is 23.0. The molecule has 9 heteroatoms. The van der Waals surface area contributed by atoms with Crippen LogP contribution in [0.25, 0.3) is 0 Å². The Morgan fingerprint density at radius 1 is 0.839 bits per heavy atom. The van der Waals surface area contributed by atoms with Crippen LogP contribution in [0.1, 0.15) is 24.0 Å². The Morgan fingerprint density at radius 3 is 1.71 bits per heavy atom. The van der Waals surface area contributed by atoms with Crippen molar-refractivity contribution in [3.63, 3.8) is 0 Å². The summed E-state index contributed by atoms with van der Waals surface area (Å²) < 4.78 is 28.8. The van der Waals surface area contributed by atoms with E-state index in [1.54, 1.807) is 0 Å². The third-order valence-corrected chi connectivity index (χ3v) is 6.25. The molecule has 0 aliphatic rings. The number of phenolic OH excluding ortho intramolecular Hbond substituents is 1. The predicted octanol–water partition coefficient (Wildman–Crippen LogP) is 1.81. The molecule has 0 heterocycles. The first kappa shape index (κ1) is 24.0. The predicted molar refractivity (Wildman–Crippen MR) is 115 cm³/mol. The van der Waals surface area contributed by atoms with Gasteiger partial charge < -0.3 is 5.11 Å². The standard InChI is InChI=1S/C14H12O2.C8H10AsNO5/c15-14(16)13(11-7-3-1-4-8-11)12-9-5-2-6-10-12;1-5(11)10-8-6(9(13,14)15)3-2-4-7(8)12/h1-10,13H,(H,15,16);2-4,12H,1H3,(H,10,11)(H2,13,14,15). The van der Waals surface area contributed by atoms with Crippen LogP contribution in [0.3, 0.4) is 0 Å². The van der Waals surface area contributed by atoms with Gasteiger partial charge in [0.2, 0.25) is 0 Å². The zero-order valence-electron chi connectivity index (χ0n) is 16.5. The van der Waals surface area contributed by atoms with Crippen molar-refractivity contribution < 1.29 is 31.7 Å². The van der Waals surface area contributed by atoms with Crippen LogP contribution >= 0.6 is 0 Å². The van der Waals surface area contributed by atoms with Crippen LogP contribution in [0.2, 0.25) is 0 Å². The number of benzene rings is 3. The van der Waals surface area contributed by atoms with Gasteiger partial charge in [-0.25, -0.2) is 0 Å². The molecule has 0 radical (unpaired) electrons. The van der Waals surface area contributed by atoms with Gasteiger partial charge in [-0.15, -0.1) is 0 Å². The fraction of sp³-hybridized carbons (Fsp3) is 0.0909. The molecule has 0 atom stereocenters. The molecular formula is C22H22AsNO7. The van der Waals surface area contributed by atoms with E-state index in [4.69, 9.17) is 8.19 Å². The number of hydrogen-bond donors (Lipinski definition) is 5. The Bertz CT molecular complexity index is 1040. The number of carboxylic acids is 1. The van der Waals surface area contributed by atoms with Crippen LogP contribution in [0, 0.1) is 0 Å². The molecule has 0 saturated carbocycles. The number of carbonyl (C=O) groups is 2. The number of nitrogens with one attached hydrogen (secondary N) is 1. The summed E-state index contributed by atoms with van der Waals surface area (Å²) >= 11 is -5.14. The molecule has 162 valence electrons. The largest absolute Gasteiger partial charge is 0.481 e. The van der Waals surface area contributed by atoms with Gasteiger partial charge in [-0.05, 0) is 11.1 Å². The van der Waals surface area contributed by atoms with Gasteiger partial charge in [-0.3, -0.25) is 4.79 Å². The van der Waals surface area contributed by atoms with Crippen LogP contribution in [0.15, 0.2) is 78.9 Å². The number of para-hydroxylation sites is 1. The Hall–Kier alpha value is -3.32. The van der Waals surface area contributed by atoms with Gasteiger partial charge in [0.1, 0.15) is 5.92 Å². The first-order valence-electron chi connectivity index (χ1n) is 9.09. The molecule has 5 N–H and O–H groups in total. The maximum atomic E-state index is 11.3. The molecule has 0 fully saturated rings. The maximum absolute atomic E-state index is 11.3. The summed E-state index contributed by atoms with van der Waals surface area (Å²) in [6.07, 6.45) is 0. The van der Waals surface area contributed by atoms with Crippen LogP contribution in [0.5, 0.6) is 5.75 Å². The Morgan fingerprint density at radius 2 is 1.32 bits per heavy atom. The average Bonchev–Trinajstić information content (AvgIpc) is 2.70. The molecule has 0 aromatic heterocycles. The van der Waals surface area contributed by atoms with Gasteiger partial charge >= 0.3 is 94.1 Å². The third kappa shape index (κ3) is 6.86. The molecule has 0 spiro atoms. The first-order chi connectivity index (χ1) is 14.6. The van der Waals surface area contributed by atoms with Crippen molar-refractivity contribution in [3.8, 4) is 5.75 Å². The van der Waals surface area contributed by atoms with Gasteiger partial charge in [0.15, 0.2) is 0 Å². The molecule has 31 heavy (non-hydrogen) atoms. The summed E-state index contributed by atoms with van der Waals surface area (Å²) in [5.74, 6) is -2.28. The van der Waals surface area contributed by atoms with Crippen LogP contribution < -0.4 is 9.67 Å². The second kappa shape index (κ2) is 10.6. The van der Waals surface area contributed by atoms with Crippen LogP contribution in [0.4, 0.5) is 5.69 Å². The summed E-state index contributed by atoms with van der Waals surface area (Å²) in [5.41, 5.74) is 1.39. The van der Waals surface area contributed by atoms with Gasteiger partial charge in [0.05, 0.1) is 0 Å². The molecule has 1 amide bonds. The second-order valence-electron chi connectivity index (χ2n) is 6.49. The minimum Gasteiger partial charge on any atom is -0.481 e. The Kier molecular flexibility index (Phi) is 8.21. The van der Waals surface area contributed by atoms with Gasteiger partial charge in [0, 0.05) is 0 Å². The molecule has 0 aliphatic heterocycles. The molecule has 0 bridgehead atoms.